The summed E-state index contributed by atoms with van der Waals surface area (Å²) < 4.78 is 0. The summed E-state index contributed by atoms with van der Waals surface area (Å²) in [6.07, 6.45) is 0.951. The normalized spacial score (nSPS) is 10.3. The van der Waals surface area contributed by atoms with Crippen molar-refractivity contribution in [1.29, 1.82) is 0 Å². The molecule has 0 radical (unpaired) electrons. The van der Waals surface area contributed by atoms with Gasteiger partial charge >= 0.3 is 6.03 Å². The minimum absolute atomic E-state index is 0.0362. The SMILES string of the molecule is CCCN(Cc1cccs1)C(=O)Nc1cccc(C)c1. The van der Waals surface area contributed by atoms with Gasteiger partial charge in [-0.2, -0.15) is 0 Å². The van der Waals surface area contributed by atoms with E-state index >= 15 is 0 Å². The van der Waals surface area contributed by atoms with Crippen LogP contribution in [0.3, 0.4) is 0 Å². The van der Waals surface area contributed by atoms with E-state index in [2.05, 4.69) is 18.3 Å². The van der Waals surface area contributed by atoms with Gasteiger partial charge in [-0.3, -0.25) is 0 Å². The molecule has 0 saturated heterocycles. The maximum Gasteiger partial charge on any atom is 0.322 e. The Morgan fingerprint density at radius 1 is 1.30 bits per heavy atom. The van der Waals surface area contributed by atoms with Crippen LogP contribution in [0.5, 0.6) is 0 Å². The first-order valence-corrected chi connectivity index (χ1v) is 7.72. The van der Waals surface area contributed by atoms with Gasteiger partial charge in [0.25, 0.3) is 0 Å². The van der Waals surface area contributed by atoms with Crippen molar-refractivity contribution in [3.05, 3.63) is 52.2 Å². The van der Waals surface area contributed by atoms with E-state index in [0.717, 1.165) is 24.2 Å². The standard InChI is InChI=1S/C16H20N2OS/c1-3-9-18(12-15-8-5-10-20-15)16(19)17-14-7-4-6-13(2)11-14/h4-8,10-11H,3,9,12H2,1-2H3,(H,17,19). The van der Waals surface area contributed by atoms with Crippen molar-refractivity contribution in [2.24, 2.45) is 0 Å². The first-order chi connectivity index (χ1) is 9.69. The third kappa shape index (κ3) is 4.10. The smallest absolute Gasteiger partial charge is 0.319 e. The molecule has 1 aromatic carbocycles. The second-order valence-electron chi connectivity index (χ2n) is 4.80. The number of carbonyl (C=O) groups excluding carboxylic acids is 1. The molecule has 0 spiro atoms. The van der Waals surface area contributed by atoms with Crippen LogP contribution >= 0.6 is 11.3 Å². The van der Waals surface area contributed by atoms with Crippen molar-refractivity contribution in [1.82, 2.24) is 4.90 Å². The first-order valence-electron chi connectivity index (χ1n) is 6.84. The summed E-state index contributed by atoms with van der Waals surface area (Å²) in [7, 11) is 0. The number of benzene rings is 1. The second-order valence-corrected chi connectivity index (χ2v) is 5.83. The minimum Gasteiger partial charge on any atom is -0.319 e. The summed E-state index contributed by atoms with van der Waals surface area (Å²) in [6, 6.07) is 11.9. The number of anilines is 1. The highest BCUT2D eigenvalue weighted by molar-refractivity contribution is 7.09. The number of nitrogens with one attached hydrogen (secondary N) is 1. The summed E-state index contributed by atoms with van der Waals surface area (Å²) in [4.78, 5) is 15.4. The van der Waals surface area contributed by atoms with E-state index < -0.39 is 0 Å². The molecule has 0 bridgehead atoms. The lowest BCUT2D eigenvalue weighted by Crippen LogP contribution is -2.34. The van der Waals surface area contributed by atoms with Crippen LogP contribution in [0, 0.1) is 6.92 Å². The number of rotatable bonds is 5. The Hall–Kier alpha value is -1.81. The number of nitrogens with zero attached hydrogens (tertiary/aromatic N) is 1. The van der Waals surface area contributed by atoms with Crippen LogP contribution in [0.25, 0.3) is 0 Å². The molecule has 2 aromatic rings. The molecule has 2 amide bonds. The molecule has 20 heavy (non-hydrogen) atoms. The van der Waals surface area contributed by atoms with Crippen molar-refractivity contribution in [2.45, 2.75) is 26.8 Å². The van der Waals surface area contributed by atoms with Gasteiger partial charge in [-0.05, 0) is 42.5 Å². The Morgan fingerprint density at radius 3 is 2.80 bits per heavy atom. The maximum atomic E-state index is 12.4. The lowest BCUT2D eigenvalue weighted by molar-refractivity contribution is 0.209. The fourth-order valence-corrected chi connectivity index (χ4v) is 2.76. The van der Waals surface area contributed by atoms with Crippen molar-refractivity contribution >= 4 is 23.1 Å². The minimum atomic E-state index is -0.0362. The zero-order valence-electron chi connectivity index (χ0n) is 11.9. The van der Waals surface area contributed by atoms with E-state index in [0.29, 0.717) is 6.54 Å². The lowest BCUT2D eigenvalue weighted by atomic mass is 10.2. The van der Waals surface area contributed by atoms with Gasteiger partial charge in [-0.25, -0.2) is 4.79 Å². The van der Waals surface area contributed by atoms with Crippen LogP contribution in [0.1, 0.15) is 23.8 Å². The highest BCUT2D eigenvalue weighted by Gasteiger charge is 2.13. The van der Waals surface area contributed by atoms with Gasteiger partial charge < -0.3 is 10.2 Å². The van der Waals surface area contributed by atoms with Gasteiger partial charge in [0.05, 0.1) is 6.54 Å². The summed E-state index contributed by atoms with van der Waals surface area (Å²) >= 11 is 1.68. The molecule has 2 rings (SSSR count). The molecular formula is C16H20N2OS. The van der Waals surface area contributed by atoms with Gasteiger partial charge in [-0.15, -0.1) is 11.3 Å². The van der Waals surface area contributed by atoms with Crippen LogP contribution in [0.4, 0.5) is 10.5 Å². The molecule has 0 unspecified atom stereocenters. The van der Waals surface area contributed by atoms with Gasteiger partial charge in [-0.1, -0.05) is 25.1 Å². The predicted molar refractivity (Wildman–Crippen MR) is 85.2 cm³/mol. The van der Waals surface area contributed by atoms with E-state index in [-0.39, 0.29) is 6.03 Å². The molecule has 4 heteroatoms. The zero-order chi connectivity index (χ0) is 14.4. The third-order valence-electron chi connectivity index (χ3n) is 2.98. The van der Waals surface area contributed by atoms with Crippen molar-refractivity contribution < 1.29 is 4.79 Å². The number of amides is 2. The molecule has 0 saturated carbocycles. The quantitative estimate of drug-likeness (QED) is 0.863. The predicted octanol–water partition coefficient (Wildman–Crippen LogP) is 4.50. The Labute approximate surface area is 124 Å². The van der Waals surface area contributed by atoms with Gasteiger partial charge in [0, 0.05) is 17.1 Å². The largest absolute Gasteiger partial charge is 0.322 e. The van der Waals surface area contributed by atoms with Crippen molar-refractivity contribution in [2.75, 3.05) is 11.9 Å². The number of carbonyl (C=O) groups is 1. The monoisotopic (exact) mass is 288 g/mol. The van der Waals surface area contributed by atoms with E-state index in [9.17, 15) is 4.79 Å². The van der Waals surface area contributed by atoms with E-state index in [1.165, 1.54) is 4.88 Å². The Balaban J connectivity index is 2.03. The summed E-state index contributed by atoms with van der Waals surface area (Å²) in [5, 5.41) is 5.01. The summed E-state index contributed by atoms with van der Waals surface area (Å²) in [5.41, 5.74) is 1.99. The van der Waals surface area contributed by atoms with Crippen molar-refractivity contribution in [3.63, 3.8) is 0 Å². The van der Waals surface area contributed by atoms with E-state index in [1.54, 1.807) is 11.3 Å². The maximum absolute atomic E-state index is 12.4. The molecule has 1 heterocycles. The van der Waals surface area contributed by atoms with Crippen LogP contribution in [-0.4, -0.2) is 17.5 Å². The summed E-state index contributed by atoms with van der Waals surface area (Å²) in [5.74, 6) is 0. The average molecular weight is 288 g/mol. The molecule has 0 aliphatic rings. The topological polar surface area (TPSA) is 32.3 Å². The van der Waals surface area contributed by atoms with Crippen LogP contribution in [0.2, 0.25) is 0 Å². The van der Waals surface area contributed by atoms with Crippen LogP contribution in [-0.2, 0) is 6.54 Å². The number of thiophene rings is 1. The lowest BCUT2D eigenvalue weighted by Gasteiger charge is -2.22. The first kappa shape index (κ1) is 14.6. The van der Waals surface area contributed by atoms with Gasteiger partial charge in [0.1, 0.15) is 0 Å². The fraction of sp³-hybridized carbons (Fsp3) is 0.312. The zero-order valence-corrected chi connectivity index (χ0v) is 12.7. The number of urea groups is 1. The second kappa shape index (κ2) is 7.10. The highest BCUT2D eigenvalue weighted by Crippen LogP contribution is 2.15. The molecule has 1 N–H and O–H groups in total. The Kier molecular flexibility index (Phi) is 5.18. The molecular weight excluding hydrogens is 268 g/mol. The van der Waals surface area contributed by atoms with Crippen LogP contribution in [0.15, 0.2) is 41.8 Å². The summed E-state index contributed by atoms with van der Waals surface area (Å²) in [6.45, 7) is 5.53. The molecule has 106 valence electrons. The molecule has 0 aliphatic heterocycles. The fourth-order valence-electron chi connectivity index (χ4n) is 2.04. The van der Waals surface area contributed by atoms with E-state index in [4.69, 9.17) is 0 Å². The number of hydrogen-bond donors (Lipinski definition) is 1. The third-order valence-corrected chi connectivity index (χ3v) is 3.84. The molecule has 0 fully saturated rings. The molecule has 0 aliphatic carbocycles. The van der Waals surface area contributed by atoms with Gasteiger partial charge in [0.2, 0.25) is 0 Å². The molecule has 3 nitrogen and oxygen atoms in total. The molecule has 1 aromatic heterocycles. The Bertz CT molecular complexity index is 551. The van der Waals surface area contributed by atoms with Gasteiger partial charge in [0.15, 0.2) is 0 Å². The van der Waals surface area contributed by atoms with Crippen molar-refractivity contribution in [3.8, 4) is 0 Å². The van der Waals surface area contributed by atoms with E-state index in [1.807, 2.05) is 47.5 Å². The number of hydrogen-bond acceptors (Lipinski definition) is 2. The highest BCUT2D eigenvalue weighted by atomic mass is 32.1. The number of aryl methyl sites for hydroxylation is 1. The Morgan fingerprint density at radius 2 is 2.15 bits per heavy atom. The molecule has 0 atom stereocenters. The average Bonchev–Trinajstić information content (AvgIpc) is 2.91. The van der Waals surface area contributed by atoms with Crippen LogP contribution < -0.4 is 5.32 Å².